The van der Waals surface area contributed by atoms with Gasteiger partial charge in [-0.3, -0.25) is 4.98 Å². The second-order valence-electron chi connectivity index (χ2n) is 3.01. The van der Waals surface area contributed by atoms with Gasteiger partial charge in [0.1, 0.15) is 6.10 Å². The zero-order valence-corrected chi connectivity index (χ0v) is 7.64. The van der Waals surface area contributed by atoms with Crippen molar-refractivity contribution in [2.45, 2.75) is 6.10 Å². The molecule has 2 heterocycles. The molecule has 4 nitrogen and oxygen atoms in total. The fourth-order valence-electron chi connectivity index (χ4n) is 1.43. The van der Waals surface area contributed by atoms with Gasteiger partial charge in [0, 0.05) is 18.0 Å². The van der Waals surface area contributed by atoms with Crippen molar-refractivity contribution in [3.63, 3.8) is 0 Å². The highest BCUT2D eigenvalue weighted by atomic mass is 16.6. The van der Waals surface area contributed by atoms with Crippen LogP contribution in [0.3, 0.4) is 0 Å². The van der Waals surface area contributed by atoms with Crippen molar-refractivity contribution in [1.29, 1.82) is 5.26 Å². The van der Waals surface area contributed by atoms with E-state index < -0.39 is 0 Å². The quantitative estimate of drug-likeness (QED) is 0.664. The van der Waals surface area contributed by atoms with Crippen molar-refractivity contribution >= 4 is 0 Å². The van der Waals surface area contributed by atoms with Gasteiger partial charge in [-0.05, 0) is 6.07 Å². The van der Waals surface area contributed by atoms with E-state index in [0.717, 1.165) is 5.56 Å². The van der Waals surface area contributed by atoms with Gasteiger partial charge in [0.15, 0.2) is 0 Å². The fourth-order valence-corrected chi connectivity index (χ4v) is 1.43. The molecule has 0 aromatic carbocycles. The van der Waals surface area contributed by atoms with Crippen LogP contribution in [0.2, 0.25) is 0 Å². The minimum absolute atomic E-state index is 0.146. The van der Waals surface area contributed by atoms with Crippen molar-refractivity contribution in [2.24, 2.45) is 0 Å². The number of rotatable bonds is 1. The Morgan fingerprint density at radius 3 is 3.14 bits per heavy atom. The summed E-state index contributed by atoms with van der Waals surface area (Å²) in [5.74, 6) is 0. The van der Waals surface area contributed by atoms with Crippen molar-refractivity contribution < 1.29 is 9.47 Å². The lowest BCUT2D eigenvalue weighted by atomic mass is 10.1. The lowest BCUT2D eigenvalue weighted by Crippen LogP contribution is -2.22. The zero-order chi connectivity index (χ0) is 9.80. The highest BCUT2D eigenvalue weighted by molar-refractivity contribution is 5.36. The molecule has 1 aliphatic heterocycles. The first-order chi connectivity index (χ1) is 6.92. The predicted octanol–water partition coefficient (Wildman–Crippen LogP) is 1.04. The third-order valence-electron chi connectivity index (χ3n) is 2.14. The second-order valence-corrected chi connectivity index (χ2v) is 3.01. The first kappa shape index (κ1) is 9.13. The normalized spacial score (nSPS) is 21.5. The maximum Gasteiger partial charge on any atom is 0.109 e. The van der Waals surface area contributed by atoms with Gasteiger partial charge in [0.05, 0.1) is 31.5 Å². The van der Waals surface area contributed by atoms with Crippen molar-refractivity contribution in [1.82, 2.24) is 4.98 Å². The van der Waals surface area contributed by atoms with Gasteiger partial charge >= 0.3 is 0 Å². The van der Waals surface area contributed by atoms with Crippen LogP contribution in [-0.4, -0.2) is 24.8 Å². The largest absolute Gasteiger partial charge is 0.376 e. The number of ether oxygens (including phenoxy) is 2. The highest BCUT2D eigenvalue weighted by Gasteiger charge is 2.19. The van der Waals surface area contributed by atoms with E-state index in [0.29, 0.717) is 25.4 Å². The third kappa shape index (κ3) is 1.74. The average molecular weight is 190 g/mol. The standard InChI is InChI=1S/C10H10N2O2/c11-5-8-1-2-12-6-9(8)10-7-13-3-4-14-10/h1-2,6,10H,3-4,7H2. The number of aromatic nitrogens is 1. The zero-order valence-electron chi connectivity index (χ0n) is 7.64. The van der Waals surface area contributed by atoms with Crippen LogP contribution in [0.4, 0.5) is 0 Å². The molecular formula is C10H10N2O2. The topological polar surface area (TPSA) is 55.1 Å². The van der Waals surface area contributed by atoms with E-state index in [1.54, 1.807) is 18.5 Å². The first-order valence-electron chi connectivity index (χ1n) is 4.45. The van der Waals surface area contributed by atoms with Crippen LogP contribution in [0.1, 0.15) is 17.2 Å². The molecule has 1 aromatic rings. The summed E-state index contributed by atoms with van der Waals surface area (Å²) in [6, 6.07) is 3.81. The SMILES string of the molecule is N#Cc1ccncc1C1COCCO1. The number of nitrogens with zero attached hydrogens (tertiary/aromatic N) is 2. The summed E-state index contributed by atoms with van der Waals surface area (Å²) in [6.45, 7) is 1.70. The summed E-state index contributed by atoms with van der Waals surface area (Å²) >= 11 is 0. The smallest absolute Gasteiger partial charge is 0.109 e. The van der Waals surface area contributed by atoms with Gasteiger partial charge in [-0.2, -0.15) is 5.26 Å². The molecule has 1 aliphatic rings. The van der Waals surface area contributed by atoms with E-state index in [9.17, 15) is 0 Å². The number of pyridine rings is 1. The summed E-state index contributed by atoms with van der Waals surface area (Å²) in [6.07, 6.45) is 3.12. The minimum atomic E-state index is -0.146. The summed E-state index contributed by atoms with van der Waals surface area (Å²) in [5.41, 5.74) is 1.42. The lowest BCUT2D eigenvalue weighted by Gasteiger charge is -2.23. The Bertz CT molecular complexity index is 353. The number of hydrogen-bond donors (Lipinski definition) is 0. The van der Waals surface area contributed by atoms with Gasteiger partial charge in [-0.25, -0.2) is 0 Å². The maximum atomic E-state index is 8.87. The van der Waals surface area contributed by atoms with E-state index >= 15 is 0 Å². The van der Waals surface area contributed by atoms with E-state index in [1.165, 1.54) is 0 Å². The predicted molar refractivity (Wildman–Crippen MR) is 48.5 cm³/mol. The van der Waals surface area contributed by atoms with Crippen LogP contribution in [0.5, 0.6) is 0 Å². The average Bonchev–Trinajstić information content (AvgIpc) is 2.30. The molecule has 0 bridgehead atoms. The molecular weight excluding hydrogens is 180 g/mol. The molecule has 0 amide bonds. The van der Waals surface area contributed by atoms with Gasteiger partial charge < -0.3 is 9.47 Å². The summed E-state index contributed by atoms with van der Waals surface area (Å²) < 4.78 is 10.8. The summed E-state index contributed by atoms with van der Waals surface area (Å²) in [4.78, 5) is 3.98. The Kier molecular flexibility index (Phi) is 2.73. The molecule has 72 valence electrons. The van der Waals surface area contributed by atoms with E-state index in [4.69, 9.17) is 14.7 Å². The molecule has 1 fully saturated rings. The Balaban J connectivity index is 2.26. The van der Waals surface area contributed by atoms with Crippen LogP contribution in [0.15, 0.2) is 18.5 Å². The van der Waals surface area contributed by atoms with E-state index in [2.05, 4.69) is 11.1 Å². The molecule has 0 N–H and O–H groups in total. The van der Waals surface area contributed by atoms with Crippen molar-refractivity contribution in [3.05, 3.63) is 29.6 Å². The highest BCUT2D eigenvalue weighted by Crippen LogP contribution is 2.22. The van der Waals surface area contributed by atoms with E-state index in [-0.39, 0.29) is 6.10 Å². The van der Waals surface area contributed by atoms with Crippen LogP contribution < -0.4 is 0 Å². The molecule has 2 rings (SSSR count). The molecule has 1 saturated heterocycles. The monoisotopic (exact) mass is 190 g/mol. The van der Waals surface area contributed by atoms with Gasteiger partial charge in [0.25, 0.3) is 0 Å². The maximum absolute atomic E-state index is 8.87. The van der Waals surface area contributed by atoms with Crippen molar-refractivity contribution in [3.8, 4) is 6.07 Å². The number of nitriles is 1. The van der Waals surface area contributed by atoms with E-state index in [1.807, 2.05) is 0 Å². The van der Waals surface area contributed by atoms with Crippen LogP contribution >= 0.6 is 0 Å². The molecule has 4 heteroatoms. The van der Waals surface area contributed by atoms with Gasteiger partial charge in [0.2, 0.25) is 0 Å². The Labute approximate surface area is 82.1 Å². The summed E-state index contributed by atoms with van der Waals surface area (Å²) in [7, 11) is 0. The molecule has 1 unspecified atom stereocenters. The molecule has 1 aromatic heterocycles. The van der Waals surface area contributed by atoms with Crippen molar-refractivity contribution in [2.75, 3.05) is 19.8 Å². The van der Waals surface area contributed by atoms with Gasteiger partial charge in [-0.15, -0.1) is 0 Å². The Hall–Kier alpha value is -1.44. The molecule has 0 radical (unpaired) electrons. The molecule has 0 spiro atoms. The summed E-state index contributed by atoms with van der Waals surface area (Å²) in [5, 5.41) is 8.87. The lowest BCUT2D eigenvalue weighted by molar-refractivity contribution is -0.0903. The van der Waals surface area contributed by atoms with Crippen LogP contribution in [0.25, 0.3) is 0 Å². The first-order valence-corrected chi connectivity index (χ1v) is 4.45. The van der Waals surface area contributed by atoms with Gasteiger partial charge in [-0.1, -0.05) is 0 Å². The minimum Gasteiger partial charge on any atom is -0.376 e. The molecule has 1 atom stereocenters. The Morgan fingerprint density at radius 1 is 1.50 bits per heavy atom. The second kappa shape index (κ2) is 4.18. The molecule has 14 heavy (non-hydrogen) atoms. The van der Waals surface area contributed by atoms with Crippen LogP contribution in [-0.2, 0) is 9.47 Å². The fraction of sp³-hybridized carbons (Fsp3) is 0.400. The molecule has 0 aliphatic carbocycles. The Morgan fingerprint density at radius 2 is 2.43 bits per heavy atom. The third-order valence-corrected chi connectivity index (χ3v) is 2.14. The van der Waals surface area contributed by atoms with Crippen LogP contribution in [0, 0.1) is 11.3 Å². The molecule has 0 saturated carbocycles. The number of hydrogen-bond acceptors (Lipinski definition) is 4.